The molecular formula is C12H17ClN2O2. The van der Waals surface area contributed by atoms with Crippen molar-refractivity contribution in [1.29, 1.82) is 0 Å². The molecule has 0 amide bonds. The van der Waals surface area contributed by atoms with E-state index in [0.29, 0.717) is 6.54 Å². The van der Waals surface area contributed by atoms with Crippen molar-refractivity contribution in [3.8, 4) is 5.75 Å². The summed E-state index contributed by atoms with van der Waals surface area (Å²) in [7, 11) is 1.67. The summed E-state index contributed by atoms with van der Waals surface area (Å²) in [5, 5.41) is 4.05. The number of hydrogen-bond donors (Lipinski definition) is 1. The van der Waals surface area contributed by atoms with Gasteiger partial charge in [-0.3, -0.25) is 0 Å². The minimum atomic E-state index is 0. The van der Waals surface area contributed by atoms with E-state index < -0.39 is 0 Å². The molecule has 0 aliphatic carbocycles. The van der Waals surface area contributed by atoms with Gasteiger partial charge in [-0.25, -0.2) is 0 Å². The number of halogens is 1. The summed E-state index contributed by atoms with van der Waals surface area (Å²) in [4.78, 5) is 5.20. The number of ether oxygens (including phenoxy) is 1. The van der Waals surface area contributed by atoms with Crippen LogP contribution in [0.5, 0.6) is 5.75 Å². The van der Waals surface area contributed by atoms with Gasteiger partial charge in [0.1, 0.15) is 11.9 Å². The second-order valence-corrected chi connectivity index (χ2v) is 3.89. The third-order valence-electron chi connectivity index (χ3n) is 2.72. The Labute approximate surface area is 107 Å². The average Bonchev–Trinajstić information content (AvgIpc) is 2.77. The Bertz CT molecular complexity index is 421. The van der Waals surface area contributed by atoms with Crippen LogP contribution in [0, 0.1) is 6.92 Å². The van der Waals surface area contributed by atoms with Crippen LogP contribution >= 0.6 is 12.4 Å². The van der Waals surface area contributed by atoms with E-state index in [-0.39, 0.29) is 18.5 Å². The molecule has 0 bridgehead atoms. The molecule has 1 atom stereocenters. The summed E-state index contributed by atoms with van der Waals surface area (Å²) >= 11 is 0. The van der Waals surface area contributed by atoms with Crippen LogP contribution in [0.4, 0.5) is 0 Å². The number of methoxy groups -OCH3 is 1. The zero-order valence-electron chi connectivity index (χ0n) is 9.97. The smallest absolute Gasteiger partial charge is 0.145 e. The van der Waals surface area contributed by atoms with E-state index in [1.54, 1.807) is 7.11 Å². The highest BCUT2D eigenvalue weighted by atomic mass is 35.5. The molecule has 1 aliphatic heterocycles. The fraction of sp³-hybridized carbons (Fsp3) is 0.417. The molecule has 17 heavy (non-hydrogen) atoms. The molecule has 0 saturated carbocycles. The largest absolute Gasteiger partial charge is 0.496 e. The minimum Gasteiger partial charge on any atom is -0.496 e. The zero-order valence-corrected chi connectivity index (χ0v) is 10.8. The fourth-order valence-electron chi connectivity index (χ4n) is 1.78. The van der Waals surface area contributed by atoms with Crippen LogP contribution in [0.2, 0.25) is 0 Å². The SMILES string of the molecule is COc1ccc(C2=NOC(CN)C2)cc1C.Cl. The van der Waals surface area contributed by atoms with Crippen LogP contribution in [0.3, 0.4) is 0 Å². The van der Waals surface area contributed by atoms with Crippen LogP contribution in [0.15, 0.2) is 23.4 Å². The lowest BCUT2D eigenvalue weighted by molar-refractivity contribution is 0.0918. The van der Waals surface area contributed by atoms with Gasteiger partial charge in [0, 0.05) is 13.0 Å². The molecule has 1 unspecified atom stereocenters. The monoisotopic (exact) mass is 256 g/mol. The van der Waals surface area contributed by atoms with Crippen LogP contribution in [-0.2, 0) is 4.84 Å². The molecule has 1 aromatic carbocycles. The molecule has 94 valence electrons. The maximum absolute atomic E-state index is 5.53. The second kappa shape index (κ2) is 5.89. The third-order valence-corrected chi connectivity index (χ3v) is 2.72. The summed E-state index contributed by atoms with van der Waals surface area (Å²) in [6, 6.07) is 6.00. The van der Waals surface area contributed by atoms with Gasteiger partial charge < -0.3 is 15.3 Å². The van der Waals surface area contributed by atoms with E-state index >= 15 is 0 Å². The number of rotatable bonds is 3. The van der Waals surface area contributed by atoms with Gasteiger partial charge in [-0.2, -0.15) is 0 Å². The lowest BCUT2D eigenvalue weighted by atomic mass is 10.0. The molecule has 1 heterocycles. The van der Waals surface area contributed by atoms with Gasteiger partial charge in [-0.1, -0.05) is 5.16 Å². The Morgan fingerprint density at radius 3 is 2.82 bits per heavy atom. The van der Waals surface area contributed by atoms with Gasteiger partial charge in [-0.05, 0) is 36.2 Å². The molecule has 1 aliphatic rings. The van der Waals surface area contributed by atoms with Crippen molar-refractivity contribution in [2.75, 3.05) is 13.7 Å². The highest BCUT2D eigenvalue weighted by molar-refractivity contribution is 6.01. The van der Waals surface area contributed by atoms with E-state index in [4.69, 9.17) is 15.3 Å². The maximum Gasteiger partial charge on any atom is 0.145 e. The van der Waals surface area contributed by atoms with Gasteiger partial charge in [0.05, 0.1) is 12.8 Å². The number of oxime groups is 1. The highest BCUT2D eigenvalue weighted by Crippen LogP contribution is 2.22. The first-order chi connectivity index (χ1) is 7.74. The standard InChI is InChI=1S/C12H16N2O2.ClH/c1-8-5-9(3-4-12(8)15-2)11-6-10(7-13)16-14-11;/h3-5,10H,6-7,13H2,1-2H3;1H. The molecule has 0 fully saturated rings. The summed E-state index contributed by atoms with van der Waals surface area (Å²) in [6.45, 7) is 2.52. The Kier molecular flexibility index (Phi) is 4.78. The fourth-order valence-corrected chi connectivity index (χ4v) is 1.78. The van der Waals surface area contributed by atoms with Crippen molar-refractivity contribution in [1.82, 2.24) is 0 Å². The zero-order chi connectivity index (χ0) is 11.5. The molecular weight excluding hydrogens is 240 g/mol. The molecule has 4 nitrogen and oxygen atoms in total. The summed E-state index contributed by atoms with van der Waals surface area (Å²) in [5.41, 5.74) is 8.66. The molecule has 2 rings (SSSR count). The summed E-state index contributed by atoms with van der Waals surface area (Å²) < 4.78 is 5.21. The van der Waals surface area contributed by atoms with Crippen LogP contribution in [0.1, 0.15) is 17.5 Å². The van der Waals surface area contributed by atoms with Crippen LogP contribution in [-0.4, -0.2) is 25.5 Å². The normalized spacial score (nSPS) is 18.1. The van der Waals surface area contributed by atoms with E-state index in [0.717, 1.165) is 29.0 Å². The number of benzene rings is 1. The first kappa shape index (κ1) is 13.8. The molecule has 5 heteroatoms. The lowest BCUT2D eigenvalue weighted by Gasteiger charge is -2.06. The first-order valence-corrected chi connectivity index (χ1v) is 5.32. The van der Waals surface area contributed by atoms with Crippen molar-refractivity contribution in [3.05, 3.63) is 29.3 Å². The van der Waals surface area contributed by atoms with E-state index in [2.05, 4.69) is 11.2 Å². The van der Waals surface area contributed by atoms with Crippen LogP contribution in [0.25, 0.3) is 0 Å². The van der Waals surface area contributed by atoms with Gasteiger partial charge in [0.25, 0.3) is 0 Å². The predicted octanol–water partition coefficient (Wildman–Crippen LogP) is 1.88. The number of aryl methyl sites for hydroxylation is 1. The van der Waals surface area contributed by atoms with Gasteiger partial charge in [0.15, 0.2) is 0 Å². The van der Waals surface area contributed by atoms with E-state index in [9.17, 15) is 0 Å². The van der Waals surface area contributed by atoms with E-state index in [1.165, 1.54) is 0 Å². The topological polar surface area (TPSA) is 56.8 Å². The third kappa shape index (κ3) is 2.90. The minimum absolute atomic E-state index is 0. The average molecular weight is 257 g/mol. The summed E-state index contributed by atoms with van der Waals surface area (Å²) in [6.07, 6.45) is 0.805. The van der Waals surface area contributed by atoms with Crippen molar-refractivity contribution in [2.45, 2.75) is 19.4 Å². The van der Waals surface area contributed by atoms with Gasteiger partial charge in [0.2, 0.25) is 0 Å². The highest BCUT2D eigenvalue weighted by Gasteiger charge is 2.20. The first-order valence-electron chi connectivity index (χ1n) is 5.32. The Morgan fingerprint density at radius 1 is 1.53 bits per heavy atom. The number of hydrogen-bond acceptors (Lipinski definition) is 4. The Hall–Kier alpha value is -1.26. The second-order valence-electron chi connectivity index (χ2n) is 3.89. The van der Waals surface area contributed by atoms with Gasteiger partial charge >= 0.3 is 0 Å². The predicted molar refractivity (Wildman–Crippen MR) is 70.1 cm³/mol. The Balaban J connectivity index is 0.00000144. The maximum atomic E-state index is 5.53. The molecule has 0 aromatic heterocycles. The molecule has 0 saturated heterocycles. The number of nitrogens with two attached hydrogens (primary N) is 1. The number of nitrogens with zero attached hydrogens (tertiary/aromatic N) is 1. The van der Waals surface area contributed by atoms with Crippen molar-refractivity contribution >= 4 is 18.1 Å². The quantitative estimate of drug-likeness (QED) is 0.898. The van der Waals surface area contributed by atoms with Gasteiger partial charge in [-0.15, -0.1) is 12.4 Å². The van der Waals surface area contributed by atoms with Crippen molar-refractivity contribution in [2.24, 2.45) is 10.9 Å². The lowest BCUT2D eigenvalue weighted by Crippen LogP contribution is -2.20. The van der Waals surface area contributed by atoms with E-state index in [1.807, 2.05) is 19.1 Å². The molecule has 0 spiro atoms. The molecule has 2 N–H and O–H groups in total. The molecule has 0 radical (unpaired) electrons. The molecule has 1 aromatic rings. The Morgan fingerprint density at radius 2 is 2.29 bits per heavy atom. The summed E-state index contributed by atoms with van der Waals surface area (Å²) in [5.74, 6) is 0.888. The van der Waals surface area contributed by atoms with Crippen LogP contribution < -0.4 is 10.5 Å². The van der Waals surface area contributed by atoms with Crippen molar-refractivity contribution in [3.63, 3.8) is 0 Å². The van der Waals surface area contributed by atoms with Crippen molar-refractivity contribution < 1.29 is 9.57 Å².